The number of nitrogens with zero attached hydrogens (tertiary/aromatic N) is 3. The predicted molar refractivity (Wildman–Crippen MR) is 67.8 cm³/mol. The van der Waals surface area contributed by atoms with Crippen LogP contribution in [0.2, 0.25) is 5.02 Å². The van der Waals surface area contributed by atoms with Gasteiger partial charge in [-0.2, -0.15) is 5.26 Å². The number of carbonyl (C=O) groups excluding carboxylic acids is 1. The molecule has 1 aromatic rings. The molecule has 0 spiro atoms. The molecule has 1 saturated carbocycles. The molecule has 0 bridgehead atoms. The third kappa shape index (κ3) is 2.25. The van der Waals surface area contributed by atoms with E-state index in [1.165, 1.54) is 24.1 Å². The Kier molecular flexibility index (Phi) is 3.16. The zero-order valence-electron chi connectivity index (χ0n) is 10.1. The predicted octanol–water partition coefficient (Wildman–Crippen LogP) is 2.38. The van der Waals surface area contributed by atoms with Crippen molar-refractivity contribution in [2.24, 2.45) is 0 Å². The lowest BCUT2D eigenvalue weighted by molar-refractivity contribution is -0.384. The number of benzene rings is 1. The number of nitro benzene ring substituents is 1. The quantitative estimate of drug-likeness (QED) is 0.628. The molecular weight excluding hydrogens is 270 g/mol. The summed E-state index contributed by atoms with van der Waals surface area (Å²) >= 11 is 5.90. The van der Waals surface area contributed by atoms with E-state index in [-0.39, 0.29) is 16.3 Å². The highest BCUT2D eigenvalue weighted by Crippen LogP contribution is 2.41. The fourth-order valence-corrected chi connectivity index (χ4v) is 2.00. The van der Waals surface area contributed by atoms with Crippen LogP contribution >= 0.6 is 11.6 Å². The zero-order chi connectivity index (χ0) is 14.2. The van der Waals surface area contributed by atoms with Crippen molar-refractivity contribution in [2.45, 2.75) is 18.4 Å². The molecule has 7 heteroatoms. The molecule has 6 nitrogen and oxygen atoms in total. The number of non-ortho nitro benzene ring substituents is 1. The Labute approximate surface area is 114 Å². The van der Waals surface area contributed by atoms with Crippen LogP contribution in [0.25, 0.3) is 0 Å². The molecule has 98 valence electrons. The monoisotopic (exact) mass is 279 g/mol. The summed E-state index contributed by atoms with van der Waals surface area (Å²) in [6.45, 7) is 0. The highest BCUT2D eigenvalue weighted by molar-refractivity contribution is 6.34. The summed E-state index contributed by atoms with van der Waals surface area (Å²) in [5.41, 5.74) is -0.951. The van der Waals surface area contributed by atoms with Crippen LogP contribution < -0.4 is 0 Å². The molecule has 0 radical (unpaired) electrons. The van der Waals surface area contributed by atoms with Gasteiger partial charge in [0.05, 0.1) is 21.6 Å². The Hall–Kier alpha value is -2.13. The summed E-state index contributed by atoms with van der Waals surface area (Å²) in [5.74, 6) is -0.479. The Morgan fingerprint density at radius 3 is 2.68 bits per heavy atom. The standard InChI is InChI=1S/C12H10ClN3O3/c1-15(12(7-14)4-5-12)11(17)9-6-8(16(18)19)2-3-10(9)13/h2-3,6H,4-5H2,1H3. The molecule has 1 fully saturated rings. The SMILES string of the molecule is CN(C(=O)c1cc([N+](=O)[O-])ccc1Cl)C1(C#N)CC1. The second-order valence-corrected chi connectivity index (χ2v) is 4.84. The molecule has 0 aliphatic heterocycles. The first-order chi connectivity index (χ1) is 8.91. The zero-order valence-corrected chi connectivity index (χ0v) is 10.8. The maximum absolute atomic E-state index is 12.3. The van der Waals surface area contributed by atoms with Gasteiger partial charge in [0.2, 0.25) is 0 Å². The lowest BCUT2D eigenvalue weighted by atomic mass is 10.1. The van der Waals surface area contributed by atoms with Crippen LogP contribution in [-0.2, 0) is 0 Å². The van der Waals surface area contributed by atoms with E-state index >= 15 is 0 Å². The average Bonchev–Trinajstić information content (AvgIpc) is 3.18. The van der Waals surface area contributed by atoms with Gasteiger partial charge in [-0.15, -0.1) is 0 Å². The van der Waals surface area contributed by atoms with Crippen molar-refractivity contribution in [1.29, 1.82) is 5.26 Å². The number of nitriles is 1. The highest BCUT2D eigenvalue weighted by Gasteiger charge is 2.49. The van der Waals surface area contributed by atoms with Crippen LogP contribution in [0.3, 0.4) is 0 Å². The van der Waals surface area contributed by atoms with Gasteiger partial charge in [0.1, 0.15) is 5.54 Å². The minimum Gasteiger partial charge on any atom is -0.323 e. The summed E-state index contributed by atoms with van der Waals surface area (Å²) < 4.78 is 0. The third-order valence-electron chi connectivity index (χ3n) is 3.27. The number of hydrogen-bond acceptors (Lipinski definition) is 4. The van der Waals surface area contributed by atoms with Crippen LogP contribution in [0.1, 0.15) is 23.2 Å². The van der Waals surface area contributed by atoms with E-state index in [1.807, 2.05) is 0 Å². The molecule has 0 N–H and O–H groups in total. The van der Waals surface area contributed by atoms with Crippen LogP contribution in [0, 0.1) is 21.4 Å². The molecule has 2 rings (SSSR count). The Morgan fingerprint density at radius 1 is 1.58 bits per heavy atom. The molecule has 0 heterocycles. The van der Waals surface area contributed by atoms with Crippen molar-refractivity contribution < 1.29 is 9.72 Å². The number of amides is 1. The molecule has 1 aliphatic carbocycles. The largest absolute Gasteiger partial charge is 0.323 e. The Morgan fingerprint density at radius 2 is 2.21 bits per heavy atom. The van der Waals surface area contributed by atoms with E-state index in [9.17, 15) is 14.9 Å². The van der Waals surface area contributed by atoms with Crippen molar-refractivity contribution in [1.82, 2.24) is 4.90 Å². The number of hydrogen-bond donors (Lipinski definition) is 0. The highest BCUT2D eigenvalue weighted by atomic mass is 35.5. The molecule has 1 aromatic carbocycles. The summed E-state index contributed by atoms with van der Waals surface area (Å²) in [6, 6.07) is 5.77. The van der Waals surface area contributed by atoms with Gasteiger partial charge in [0.15, 0.2) is 0 Å². The van der Waals surface area contributed by atoms with Crippen molar-refractivity contribution in [2.75, 3.05) is 7.05 Å². The van der Waals surface area contributed by atoms with Crippen LogP contribution in [-0.4, -0.2) is 28.3 Å². The van der Waals surface area contributed by atoms with Gasteiger partial charge >= 0.3 is 0 Å². The maximum atomic E-state index is 12.3. The molecule has 0 saturated heterocycles. The van der Waals surface area contributed by atoms with Gasteiger partial charge in [0.25, 0.3) is 11.6 Å². The second kappa shape index (κ2) is 4.52. The molecule has 0 unspecified atom stereocenters. The Balaban J connectivity index is 2.36. The van der Waals surface area contributed by atoms with E-state index < -0.39 is 16.4 Å². The van der Waals surface area contributed by atoms with Gasteiger partial charge in [-0.05, 0) is 18.9 Å². The number of carbonyl (C=O) groups is 1. The molecule has 0 aromatic heterocycles. The lowest BCUT2D eigenvalue weighted by Crippen LogP contribution is -2.38. The van der Waals surface area contributed by atoms with Crippen LogP contribution in [0.15, 0.2) is 18.2 Å². The summed E-state index contributed by atoms with van der Waals surface area (Å²) in [5, 5.41) is 19.9. The van der Waals surface area contributed by atoms with E-state index in [2.05, 4.69) is 6.07 Å². The van der Waals surface area contributed by atoms with E-state index in [4.69, 9.17) is 16.9 Å². The Bertz CT molecular complexity index is 605. The average molecular weight is 280 g/mol. The fourth-order valence-electron chi connectivity index (χ4n) is 1.81. The minimum atomic E-state index is -0.787. The van der Waals surface area contributed by atoms with Crippen molar-refractivity contribution in [3.05, 3.63) is 38.9 Å². The number of nitro groups is 1. The van der Waals surface area contributed by atoms with Gasteiger partial charge in [-0.3, -0.25) is 14.9 Å². The molecule has 1 aliphatic rings. The lowest BCUT2D eigenvalue weighted by Gasteiger charge is -2.22. The molecule has 1 amide bonds. The first kappa shape index (κ1) is 13.3. The van der Waals surface area contributed by atoms with Gasteiger partial charge in [0, 0.05) is 19.2 Å². The third-order valence-corrected chi connectivity index (χ3v) is 3.60. The molecular formula is C12H10ClN3O3. The van der Waals surface area contributed by atoms with Crippen molar-refractivity contribution in [3.63, 3.8) is 0 Å². The molecule has 0 atom stereocenters. The van der Waals surface area contributed by atoms with Crippen LogP contribution in [0.5, 0.6) is 0 Å². The van der Waals surface area contributed by atoms with E-state index in [0.717, 1.165) is 6.07 Å². The normalized spacial score (nSPS) is 15.4. The summed E-state index contributed by atoms with van der Waals surface area (Å²) in [6.07, 6.45) is 1.22. The van der Waals surface area contributed by atoms with Crippen molar-refractivity contribution >= 4 is 23.2 Å². The van der Waals surface area contributed by atoms with Gasteiger partial charge in [-0.25, -0.2) is 0 Å². The maximum Gasteiger partial charge on any atom is 0.270 e. The second-order valence-electron chi connectivity index (χ2n) is 4.43. The summed E-state index contributed by atoms with van der Waals surface area (Å²) in [7, 11) is 1.51. The number of rotatable bonds is 3. The van der Waals surface area contributed by atoms with Gasteiger partial charge < -0.3 is 4.90 Å². The smallest absolute Gasteiger partial charge is 0.270 e. The first-order valence-corrected chi connectivity index (χ1v) is 5.92. The number of halogens is 1. The van der Waals surface area contributed by atoms with E-state index in [1.54, 1.807) is 0 Å². The van der Waals surface area contributed by atoms with Gasteiger partial charge in [-0.1, -0.05) is 11.6 Å². The minimum absolute atomic E-state index is 0.0416. The summed E-state index contributed by atoms with van der Waals surface area (Å²) in [4.78, 5) is 23.7. The molecule has 19 heavy (non-hydrogen) atoms. The van der Waals surface area contributed by atoms with Crippen LogP contribution in [0.4, 0.5) is 5.69 Å². The van der Waals surface area contributed by atoms with E-state index in [0.29, 0.717) is 12.8 Å². The topological polar surface area (TPSA) is 87.2 Å². The first-order valence-electron chi connectivity index (χ1n) is 5.55. The van der Waals surface area contributed by atoms with Crippen molar-refractivity contribution in [3.8, 4) is 6.07 Å². The fraction of sp³-hybridized carbons (Fsp3) is 0.333.